The molecule has 2 N–H and O–H groups in total. The Balaban J connectivity index is 1.88. The van der Waals surface area contributed by atoms with Gasteiger partial charge in [0.1, 0.15) is 11.4 Å². The van der Waals surface area contributed by atoms with E-state index in [-0.39, 0.29) is 29.6 Å². The molecular weight excluding hydrogens is 408 g/mol. The second kappa shape index (κ2) is 9.18. The van der Waals surface area contributed by atoms with Crippen LogP contribution >= 0.6 is 0 Å². The third-order valence-electron chi connectivity index (χ3n) is 5.69. The smallest absolute Gasteiger partial charge is 0.308 e. The van der Waals surface area contributed by atoms with Crippen LogP contribution in [0.1, 0.15) is 84.2 Å². The summed E-state index contributed by atoms with van der Waals surface area (Å²) in [6, 6.07) is 6.59. The molecule has 0 fully saturated rings. The number of amides is 1. The van der Waals surface area contributed by atoms with Crippen molar-refractivity contribution in [2.75, 3.05) is 7.11 Å². The lowest BCUT2D eigenvalue weighted by molar-refractivity contribution is -0.147. The number of ether oxygens (including phenoxy) is 2. The van der Waals surface area contributed by atoms with E-state index >= 15 is 0 Å². The van der Waals surface area contributed by atoms with E-state index in [0.717, 1.165) is 11.3 Å². The normalized spacial score (nSPS) is 15.8. The Kier molecular flexibility index (Phi) is 6.77. The second-order valence-corrected chi connectivity index (χ2v) is 9.46. The van der Waals surface area contributed by atoms with Gasteiger partial charge in [-0.25, -0.2) is 0 Å². The summed E-state index contributed by atoms with van der Waals surface area (Å²) in [5.74, 6) is -0.0323. The molecular formula is C25H32N2O5. The molecule has 0 spiro atoms. The van der Waals surface area contributed by atoms with Gasteiger partial charge in [-0.1, -0.05) is 26.0 Å². The van der Waals surface area contributed by atoms with E-state index in [4.69, 9.17) is 9.47 Å². The molecule has 7 heteroatoms. The van der Waals surface area contributed by atoms with Crippen LogP contribution in [0.4, 0.5) is 0 Å². The number of hydrogen-bond donors (Lipinski definition) is 2. The Hall–Kier alpha value is -3.09. The fraction of sp³-hybridized carbons (Fsp3) is 0.480. The van der Waals surface area contributed by atoms with E-state index in [9.17, 15) is 14.4 Å². The number of ketones is 1. The summed E-state index contributed by atoms with van der Waals surface area (Å²) in [6.07, 6.45) is 0.892. The molecule has 1 heterocycles. The largest absolute Gasteiger partial charge is 0.497 e. The van der Waals surface area contributed by atoms with Crippen molar-refractivity contribution in [2.45, 2.75) is 66.0 Å². The molecule has 2 aromatic rings. The van der Waals surface area contributed by atoms with Crippen molar-refractivity contribution in [3.8, 4) is 5.75 Å². The molecule has 3 rings (SSSR count). The number of H-pyrrole nitrogens is 1. The molecule has 0 aliphatic heterocycles. The Bertz CT molecular complexity index is 1020. The fourth-order valence-corrected chi connectivity index (χ4v) is 4.26. The lowest BCUT2D eigenvalue weighted by Crippen LogP contribution is -2.31. The summed E-state index contributed by atoms with van der Waals surface area (Å²) in [7, 11) is 1.58. The highest BCUT2D eigenvalue weighted by molar-refractivity contribution is 6.04. The van der Waals surface area contributed by atoms with Crippen molar-refractivity contribution in [2.24, 2.45) is 5.41 Å². The first-order valence-corrected chi connectivity index (χ1v) is 10.9. The molecule has 1 aromatic heterocycles. The molecule has 32 heavy (non-hydrogen) atoms. The van der Waals surface area contributed by atoms with Gasteiger partial charge in [-0.3, -0.25) is 14.4 Å². The number of nitrogens with one attached hydrogen (secondary N) is 2. The van der Waals surface area contributed by atoms with E-state index in [1.165, 1.54) is 0 Å². The molecule has 1 unspecified atom stereocenters. The van der Waals surface area contributed by atoms with Crippen LogP contribution in [0.15, 0.2) is 24.3 Å². The van der Waals surface area contributed by atoms with E-state index in [0.29, 0.717) is 35.4 Å². The zero-order chi connectivity index (χ0) is 23.6. The Morgan fingerprint density at radius 3 is 2.41 bits per heavy atom. The average Bonchev–Trinajstić information content (AvgIpc) is 3.02. The Morgan fingerprint density at radius 2 is 1.81 bits per heavy atom. The number of aromatic nitrogens is 1. The topological polar surface area (TPSA) is 97.5 Å². The minimum Gasteiger partial charge on any atom is -0.497 e. The maximum Gasteiger partial charge on any atom is 0.308 e. The lowest BCUT2D eigenvalue weighted by Gasteiger charge is -2.28. The zero-order valence-electron chi connectivity index (χ0n) is 19.6. The van der Waals surface area contributed by atoms with Crippen LogP contribution in [0.25, 0.3) is 0 Å². The van der Waals surface area contributed by atoms with Crippen molar-refractivity contribution in [1.82, 2.24) is 10.3 Å². The summed E-state index contributed by atoms with van der Waals surface area (Å²) in [4.78, 5) is 41.5. The number of fused-ring (bicyclic) bond motifs is 1. The Morgan fingerprint density at radius 1 is 1.16 bits per heavy atom. The first kappa shape index (κ1) is 23.6. The molecule has 1 aliphatic rings. The minimum absolute atomic E-state index is 0.0122. The highest BCUT2D eigenvalue weighted by Crippen LogP contribution is 2.36. The van der Waals surface area contributed by atoms with Gasteiger partial charge in [0.25, 0.3) is 5.91 Å². The second-order valence-electron chi connectivity index (χ2n) is 9.46. The van der Waals surface area contributed by atoms with Gasteiger partial charge in [-0.15, -0.1) is 0 Å². The van der Waals surface area contributed by atoms with Crippen LogP contribution in [0.5, 0.6) is 5.75 Å². The van der Waals surface area contributed by atoms with Crippen LogP contribution in [-0.2, 0) is 16.0 Å². The monoisotopic (exact) mass is 440 g/mol. The maximum absolute atomic E-state index is 13.2. The zero-order valence-corrected chi connectivity index (χ0v) is 19.6. The first-order chi connectivity index (χ1) is 15.0. The number of carbonyl (C=O) groups is 3. The number of Topliss-reactive ketones (excluding diaryl/α,β-unsaturated/α-hetero) is 1. The van der Waals surface area contributed by atoms with Crippen LogP contribution in [-0.4, -0.2) is 35.9 Å². The summed E-state index contributed by atoms with van der Waals surface area (Å²) in [6.45, 7) is 9.44. The van der Waals surface area contributed by atoms with Gasteiger partial charge in [0.2, 0.25) is 0 Å². The summed E-state index contributed by atoms with van der Waals surface area (Å²) in [5.41, 5.74) is 3.03. The van der Waals surface area contributed by atoms with Crippen LogP contribution < -0.4 is 10.1 Å². The van der Waals surface area contributed by atoms with Crippen LogP contribution in [0.2, 0.25) is 0 Å². The SMILES string of the molecule is COc1ccc(C(CC(=O)OC(C)C)NC(=O)c2[nH]c3c(c2C)C(=O)CC(C)(C)C3)cc1. The van der Waals surface area contributed by atoms with Gasteiger partial charge >= 0.3 is 5.97 Å². The van der Waals surface area contributed by atoms with E-state index in [1.807, 2.05) is 26.0 Å². The first-order valence-electron chi connectivity index (χ1n) is 10.9. The van der Waals surface area contributed by atoms with E-state index in [2.05, 4.69) is 10.3 Å². The molecule has 0 saturated heterocycles. The van der Waals surface area contributed by atoms with E-state index in [1.54, 1.807) is 40.0 Å². The molecule has 1 aromatic carbocycles. The number of benzene rings is 1. The molecule has 1 atom stereocenters. The van der Waals surface area contributed by atoms with Crippen molar-refractivity contribution in [1.29, 1.82) is 0 Å². The summed E-state index contributed by atoms with van der Waals surface area (Å²) >= 11 is 0. The number of esters is 1. The predicted molar refractivity (Wildman–Crippen MR) is 121 cm³/mol. The van der Waals surface area contributed by atoms with E-state index < -0.39 is 12.0 Å². The summed E-state index contributed by atoms with van der Waals surface area (Å²) < 4.78 is 10.5. The molecule has 172 valence electrons. The number of hydrogen-bond acceptors (Lipinski definition) is 5. The van der Waals surface area contributed by atoms with Crippen molar-refractivity contribution in [3.63, 3.8) is 0 Å². The van der Waals surface area contributed by atoms with Gasteiger partial charge in [0, 0.05) is 17.7 Å². The van der Waals surface area contributed by atoms with Gasteiger partial charge in [-0.05, 0) is 55.9 Å². The maximum atomic E-state index is 13.2. The third-order valence-corrected chi connectivity index (χ3v) is 5.69. The van der Waals surface area contributed by atoms with Crippen molar-refractivity contribution < 1.29 is 23.9 Å². The standard InChI is InChI=1S/C25H32N2O5/c1-14(2)32-21(29)11-18(16-7-9-17(31-6)10-8-16)27-24(30)23-15(3)22-19(26-23)12-25(4,5)13-20(22)28/h7-10,14,18,26H,11-13H2,1-6H3,(H,27,30). The number of methoxy groups -OCH3 is 1. The number of rotatable bonds is 7. The fourth-order valence-electron chi connectivity index (χ4n) is 4.26. The quantitative estimate of drug-likeness (QED) is 0.626. The van der Waals surface area contributed by atoms with Gasteiger partial charge in [0.05, 0.1) is 25.7 Å². The Labute approximate surface area is 188 Å². The number of carbonyl (C=O) groups excluding carboxylic acids is 3. The molecule has 0 saturated carbocycles. The van der Waals surface area contributed by atoms with Gasteiger partial charge < -0.3 is 19.8 Å². The van der Waals surface area contributed by atoms with Crippen LogP contribution in [0, 0.1) is 12.3 Å². The average molecular weight is 441 g/mol. The minimum atomic E-state index is -0.591. The highest BCUT2D eigenvalue weighted by atomic mass is 16.5. The molecule has 1 aliphatic carbocycles. The lowest BCUT2D eigenvalue weighted by atomic mass is 9.75. The molecule has 0 bridgehead atoms. The van der Waals surface area contributed by atoms with Gasteiger partial charge in [0.15, 0.2) is 5.78 Å². The van der Waals surface area contributed by atoms with Gasteiger partial charge in [-0.2, -0.15) is 0 Å². The van der Waals surface area contributed by atoms with Crippen molar-refractivity contribution in [3.05, 3.63) is 52.3 Å². The molecule has 0 radical (unpaired) electrons. The number of aromatic amines is 1. The molecule has 1 amide bonds. The predicted octanol–water partition coefficient (Wildman–Crippen LogP) is 4.30. The third kappa shape index (κ3) is 5.21. The van der Waals surface area contributed by atoms with Crippen LogP contribution in [0.3, 0.4) is 0 Å². The van der Waals surface area contributed by atoms with Crippen molar-refractivity contribution >= 4 is 17.7 Å². The summed E-state index contributed by atoms with van der Waals surface area (Å²) in [5, 5.41) is 2.95. The molecule has 7 nitrogen and oxygen atoms in total. The highest BCUT2D eigenvalue weighted by Gasteiger charge is 2.35.